The number of benzene rings is 2. The fourth-order valence-electron chi connectivity index (χ4n) is 2.89. The van der Waals surface area contributed by atoms with Crippen LogP contribution in [-0.2, 0) is 14.8 Å². The standard InChI is InChI=1S/C22H28N2O3S/c1-5-24(6-2)28(26,27)21-15-12-19(13-16-21)14-17-22(25)23(4)18(3)20-10-8-7-9-11-20/h7-18H,5-6H2,1-4H3/b17-14+. The topological polar surface area (TPSA) is 57.7 Å². The SMILES string of the molecule is CCN(CC)S(=O)(=O)c1ccc(/C=C/C(=O)N(C)C(C)c2ccccc2)cc1. The fraction of sp³-hybridized carbons (Fsp3) is 0.318. The average molecular weight is 401 g/mol. The lowest BCUT2D eigenvalue weighted by molar-refractivity contribution is -0.126. The van der Waals surface area contributed by atoms with E-state index in [-0.39, 0.29) is 16.8 Å². The predicted octanol–water partition coefficient (Wildman–Crippen LogP) is 3.95. The molecule has 0 saturated carbocycles. The molecule has 1 atom stereocenters. The molecule has 150 valence electrons. The van der Waals surface area contributed by atoms with Crippen LogP contribution in [0.3, 0.4) is 0 Å². The van der Waals surface area contributed by atoms with Gasteiger partial charge in [0.1, 0.15) is 0 Å². The quantitative estimate of drug-likeness (QED) is 0.631. The number of rotatable bonds is 8. The van der Waals surface area contributed by atoms with E-state index in [4.69, 9.17) is 0 Å². The number of amides is 1. The first-order valence-electron chi connectivity index (χ1n) is 9.41. The zero-order chi connectivity index (χ0) is 20.7. The van der Waals surface area contributed by atoms with Crippen LogP contribution in [0, 0.1) is 0 Å². The van der Waals surface area contributed by atoms with Crippen LogP contribution < -0.4 is 0 Å². The summed E-state index contributed by atoms with van der Waals surface area (Å²) in [7, 11) is -1.70. The number of carbonyl (C=O) groups excluding carboxylic acids is 1. The fourth-order valence-corrected chi connectivity index (χ4v) is 4.35. The Bertz CT molecular complexity index is 903. The Kier molecular flexibility index (Phi) is 7.54. The number of hydrogen-bond acceptors (Lipinski definition) is 3. The molecule has 1 unspecified atom stereocenters. The van der Waals surface area contributed by atoms with Gasteiger partial charge in [0.05, 0.1) is 10.9 Å². The molecule has 0 heterocycles. The second-order valence-electron chi connectivity index (χ2n) is 6.53. The van der Waals surface area contributed by atoms with Gasteiger partial charge in [-0.15, -0.1) is 0 Å². The second kappa shape index (κ2) is 9.66. The zero-order valence-electron chi connectivity index (χ0n) is 16.9. The molecule has 0 fully saturated rings. The average Bonchev–Trinajstić information content (AvgIpc) is 2.72. The molecule has 2 aromatic carbocycles. The highest BCUT2D eigenvalue weighted by Gasteiger charge is 2.21. The molecule has 0 radical (unpaired) electrons. The van der Waals surface area contributed by atoms with Crippen molar-refractivity contribution in [3.63, 3.8) is 0 Å². The molecule has 0 aliphatic rings. The van der Waals surface area contributed by atoms with Crippen LogP contribution in [0.4, 0.5) is 0 Å². The van der Waals surface area contributed by atoms with Gasteiger partial charge in [-0.1, -0.05) is 56.3 Å². The van der Waals surface area contributed by atoms with Gasteiger partial charge < -0.3 is 4.90 Å². The Morgan fingerprint density at radius 1 is 1.00 bits per heavy atom. The summed E-state index contributed by atoms with van der Waals surface area (Å²) in [5.74, 6) is -0.115. The first kappa shape index (κ1) is 21.9. The van der Waals surface area contributed by atoms with Gasteiger partial charge in [0.15, 0.2) is 0 Å². The molecular formula is C22H28N2O3S. The molecule has 0 aliphatic heterocycles. The zero-order valence-corrected chi connectivity index (χ0v) is 17.7. The van der Waals surface area contributed by atoms with E-state index in [1.54, 1.807) is 42.3 Å². The number of nitrogens with zero attached hydrogens (tertiary/aromatic N) is 2. The largest absolute Gasteiger partial charge is 0.335 e. The van der Waals surface area contributed by atoms with Gasteiger partial charge in [-0.25, -0.2) is 8.42 Å². The summed E-state index contributed by atoms with van der Waals surface area (Å²) < 4.78 is 26.5. The van der Waals surface area contributed by atoms with Crippen LogP contribution in [0.25, 0.3) is 6.08 Å². The highest BCUT2D eigenvalue weighted by Crippen LogP contribution is 2.19. The number of hydrogen-bond donors (Lipinski definition) is 0. The lowest BCUT2D eigenvalue weighted by Gasteiger charge is -2.24. The normalized spacial score (nSPS) is 13.0. The van der Waals surface area contributed by atoms with Crippen LogP contribution in [0.15, 0.2) is 65.6 Å². The summed E-state index contributed by atoms with van der Waals surface area (Å²) in [5, 5.41) is 0. The van der Waals surface area contributed by atoms with Crippen LogP contribution in [0.5, 0.6) is 0 Å². The Morgan fingerprint density at radius 3 is 2.11 bits per heavy atom. The Labute approximate surface area is 168 Å². The summed E-state index contributed by atoms with van der Waals surface area (Å²) in [6, 6.07) is 16.4. The molecule has 0 bridgehead atoms. The molecule has 0 spiro atoms. The first-order valence-corrected chi connectivity index (χ1v) is 10.8. The van der Waals surface area contributed by atoms with Gasteiger partial charge in [-0.05, 0) is 36.3 Å². The van der Waals surface area contributed by atoms with Gasteiger partial charge in [0.2, 0.25) is 15.9 Å². The van der Waals surface area contributed by atoms with Crippen molar-refractivity contribution in [2.24, 2.45) is 0 Å². The molecule has 28 heavy (non-hydrogen) atoms. The summed E-state index contributed by atoms with van der Waals surface area (Å²) in [6.45, 7) is 6.48. The van der Waals surface area contributed by atoms with Gasteiger partial charge in [0.25, 0.3) is 0 Å². The van der Waals surface area contributed by atoms with Crippen LogP contribution in [-0.4, -0.2) is 43.7 Å². The van der Waals surface area contributed by atoms with Crippen molar-refractivity contribution in [1.82, 2.24) is 9.21 Å². The van der Waals surface area contributed by atoms with Crippen molar-refractivity contribution < 1.29 is 13.2 Å². The second-order valence-corrected chi connectivity index (χ2v) is 8.47. The first-order chi connectivity index (χ1) is 13.3. The Morgan fingerprint density at radius 2 is 1.57 bits per heavy atom. The summed E-state index contributed by atoms with van der Waals surface area (Å²) in [6.07, 6.45) is 3.21. The van der Waals surface area contributed by atoms with E-state index in [1.165, 1.54) is 10.4 Å². The molecular weight excluding hydrogens is 372 g/mol. The van der Waals surface area contributed by atoms with Crippen molar-refractivity contribution in [3.8, 4) is 0 Å². The third kappa shape index (κ3) is 5.09. The molecule has 5 nitrogen and oxygen atoms in total. The lowest BCUT2D eigenvalue weighted by atomic mass is 10.1. The maximum absolute atomic E-state index is 12.5. The Hall–Kier alpha value is -2.44. The van der Waals surface area contributed by atoms with Crippen LogP contribution >= 0.6 is 0 Å². The van der Waals surface area contributed by atoms with E-state index in [0.29, 0.717) is 13.1 Å². The Balaban J connectivity index is 2.09. The summed E-state index contributed by atoms with van der Waals surface area (Å²) in [4.78, 5) is 14.4. The van der Waals surface area contributed by atoms with Gasteiger partial charge in [-0.2, -0.15) is 4.31 Å². The monoisotopic (exact) mass is 400 g/mol. The third-order valence-corrected chi connectivity index (χ3v) is 6.92. The van der Waals surface area contributed by atoms with Gasteiger partial charge >= 0.3 is 0 Å². The molecule has 0 saturated heterocycles. The predicted molar refractivity (Wildman–Crippen MR) is 113 cm³/mol. The highest BCUT2D eigenvalue weighted by molar-refractivity contribution is 7.89. The molecule has 6 heteroatoms. The molecule has 0 N–H and O–H groups in total. The number of likely N-dealkylation sites (N-methyl/N-ethyl adjacent to an activating group) is 1. The van der Waals surface area contributed by atoms with Gasteiger partial charge in [0, 0.05) is 26.2 Å². The van der Waals surface area contributed by atoms with Gasteiger partial charge in [-0.3, -0.25) is 4.79 Å². The highest BCUT2D eigenvalue weighted by atomic mass is 32.2. The van der Waals surface area contributed by atoms with Crippen LogP contribution in [0.1, 0.15) is 37.9 Å². The van der Waals surface area contributed by atoms with Crippen molar-refractivity contribution in [1.29, 1.82) is 0 Å². The molecule has 2 aromatic rings. The van der Waals surface area contributed by atoms with E-state index >= 15 is 0 Å². The summed E-state index contributed by atoms with van der Waals surface area (Å²) >= 11 is 0. The van der Waals surface area contributed by atoms with Crippen molar-refractivity contribution in [2.45, 2.75) is 31.7 Å². The minimum atomic E-state index is -3.47. The van der Waals surface area contributed by atoms with Crippen molar-refractivity contribution in [2.75, 3.05) is 20.1 Å². The maximum atomic E-state index is 12.5. The molecule has 0 aliphatic carbocycles. The third-order valence-electron chi connectivity index (χ3n) is 4.85. The van der Waals surface area contributed by atoms with E-state index in [1.807, 2.05) is 51.1 Å². The van der Waals surface area contributed by atoms with Crippen molar-refractivity contribution in [3.05, 3.63) is 71.8 Å². The van der Waals surface area contributed by atoms with Crippen molar-refractivity contribution >= 4 is 22.0 Å². The van der Waals surface area contributed by atoms with Crippen LogP contribution in [0.2, 0.25) is 0 Å². The van der Waals surface area contributed by atoms with E-state index in [0.717, 1.165) is 11.1 Å². The summed E-state index contributed by atoms with van der Waals surface area (Å²) in [5.41, 5.74) is 1.84. The number of sulfonamides is 1. The number of carbonyl (C=O) groups is 1. The van der Waals surface area contributed by atoms with E-state index in [9.17, 15) is 13.2 Å². The molecule has 2 rings (SSSR count). The molecule has 1 amide bonds. The minimum absolute atomic E-state index is 0.0417. The van der Waals surface area contributed by atoms with E-state index in [2.05, 4.69) is 0 Å². The minimum Gasteiger partial charge on any atom is -0.335 e. The smallest absolute Gasteiger partial charge is 0.246 e. The van der Waals surface area contributed by atoms with E-state index < -0.39 is 10.0 Å². The lowest BCUT2D eigenvalue weighted by Crippen LogP contribution is -2.30. The maximum Gasteiger partial charge on any atom is 0.246 e. The molecule has 0 aromatic heterocycles.